The largest absolute Gasteiger partial charge is 0.207 e. The molecule has 2 nitrogen and oxygen atoms in total. The molecule has 2 aromatic rings. The van der Waals surface area contributed by atoms with Crippen LogP contribution in [0.2, 0.25) is 0 Å². The molecule has 2 aliphatic carbocycles. The molecule has 0 radical (unpaired) electrons. The molecule has 0 aromatic heterocycles. The van der Waals surface area contributed by atoms with Crippen LogP contribution in [0.3, 0.4) is 0 Å². The number of aliphatic imine (C=N–C) groups is 1. The second-order valence-corrected chi connectivity index (χ2v) is 6.49. The number of fused-ring (bicyclic) bond motifs is 2. The van der Waals surface area contributed by atoms with Crippen molar-refractivity contribution in [1.29, 1.82) is 5.26 Å². The van der Waals surface area contributed by atoms with Gasteiger partial charge in [-0.25, -0.2) is 13.2 Å². The lowest BCUT2D eigenvalue weighted by molar-refractivity contribution is 0.362. The predicted molar refractivity (Wildman–Crippen MR) is 83.1 cm³/mol. The summed E-state index contributed by atoms with van der Waals surface area (Å²) in [5.74, 6) is -2.00. The first-order valence-corrected chi connectivity index (χ1v) is 7.76. The van der Waals surface area contributed by atoms with Crippen molar-refractivity contribution in [2.75, 3.05) is 0 Å². The van der Waals surface area contributed by atoms with Crippen molar-refractivity contribution >= 4 is 5.71 Å². The van der Waals surface area contributed by atoms with Crippen molar-refractivity contribution < 1.29 is 13.2 Å². The van der Waals surface area contributed by atoms with E-state index in [2.05, 4.69) is 4.99 Å². The van der Waals surface area contributed by atoms with Crippen molar-refractivity contribution in [3.63, 3.8) is 0 Å². The Kier molecular flexibility index (Phi) is 3.24. The van der Waals surface area contributed by atoms with Crippen molar-refractivity contribution in [2.45, 2.75) is 25.7 Å². The average molecular weight is 326 g/mol. The van der Waals surface area contributed by atoms with Crippen LogP contribution in [0.4, 0.5) is 13.2 Å². The van der Waals surface area contributed by atoms with Gasteiger partial charge >= 0.3 is 0 Å². The van der Waals surface area contributed by atoms with Gasteiger partial charge in [0, 0.05) is 11.0 Å². The number of nitriles is 1. The molecule has 0 bridgehead atoms. The lowest BCUT2D eigenvalue weighted by Crippen LogP contribution is -2.35. The third kappa shape index (κ3) is 2.06. The molecular weight excluding hydrogens is 313 g/mol. The van der Waals surface area contributed by atoms with E-state index in [1.165, 1.54) is 12.1 Å². The van der Waals surface area contributed by atoms with Crippen LogP contribution >= 0.6 is 0 Å². The molecule has 1 unspecified atom stereocenters. The lowest BCUT2D eigenvalue weighted by Gasteiger charge is -2.35. The summed E-state index contributed by atoms with van der Waals surface area (Å²) in [6.07, 6.45) is 3.84. The Hall–Kier alpha value is -2.61. The smallest absolute Gasteiger partial charge is 0.205 e. The van der Waals surface area contributed by atoms with Crippen LogP contribution in [0.15, 0.2) is 35.3 Å². The maximum atomic E-state index is 14.0. The molecule has 120 valence electrons. The van der Waals surface area contributed by atoms with E-state index in [0.717, 1.165) is 17.2 Å². The van der Waals surface area contributed by atoms with Gasteiger partial charge in [0.25, 0.3) is 0 Å². The Morgan fingerprint density at radius 2 is 1.79 bits per heavy atom. The molecule has 5 heteroatoms. The topological polar surface area (TPSA) is 36.1 Å². The molecule has 2 aliphatic rings. The van der Waals surface area contributed by atoms with Gasteiger partial charge in [-0.05, 0) is 60.6 Å². The van der Waals surface area contributed by atoms with E-state index in [1.54, 1.807) is 12.1 Å². The van der Waals surface area contributed by atoms with Crippen LogP contribution in [-0.2, 0) is 19.3 Å². The Balaban J connectivity index is 1.83. The monoisotopic (exact) mass is 326 g/mol. The first kappa shape index (κ1) is 14.9. The van der Waals surface area contributed by atoms with Crippen LogP contribution < -0.4 is 0 Å². The molecule has 1 atom stereocenters. The molecule has 0 aliphatic heterocycles. The Bertz CT molecular complexity index is 927. The zero-order chi connectivity index (χ0) is 16.9. The van der Waals surface area contributed by atoms with Crippen LogP contribution in [0, 0.1) is 34.3 Å². The second-order valence-electron chi connectivity index (χ2n) is 6.49. The van der Waals surface area contributed by atoms with E-state index in [9.17, 15) is 13.2 Å². The number of rotatable bonds is 0. The van der Waals surface area contributed by atoms with Gasteiger partial charge in [-0.3, -0.25) is 0 Å². The van der Waals surface area contributed by atoms with Crippen molar-refractivity contribution in [3.05, 3.63) is 70.0 Å². The summed E-state index contributed by atoms with van der Waals surface area (Å²) in [6.45, 7) is 0. The first-order chi connectivity index (χ1) is 11.5. The minimum atomic E-state index is -0.840. The van der Waals surface area contributed by atoms with Gasteiger partial charge in [-0.2, -0.15) is 10.3 Å². The van der Waals surface area contributed by atoms with Gasteiger partial charge in [0.05, 0.1) is 5.71 Å². The van der Waals surface area contributed by atoms with Gasteiger partial charge in [-0.15, -0.1) is 0 Å². The summed E-state index contributed by atoms with van der Waals surface area (Å²) in [5.41, 5.74) is 2.84. The Morgan fingerprint density at radius 1 is 1.04 bits per heavy atom. The minimum absolute atomic E-state index is 0.374. The van der Waals surface area contributed by atoms with E-state index >= 15 is 0 Å². The standard InChI is InChI=1S/C19H13F3N2/c20-13-3-1-12-9-19(18(24-10-23)15(12)7-13)6-5-14-11(8-19)2-4-16(21)17(14)22/h1-4,7H,5-6,8-9H2. The molecule has 2 aromatic carbocycles. The summed E-state index contributed by atoms with van der Waals surface area (Å²) in [6, 6.07) is 7.25. The maximum absolute atomic E-state index is 14.0. The van der Waals surface area contributed by atoms with E-state index in [4.69, 9.17) is 5.26 Å². The van der Waals surface area contributed by atoms with E-state index in [-0.39, 0.29) is 5.82 Å². The molecule has 0 amide bonds. The van der Waals surface area contributed by atoms with Crippen LogP contribution in [-0.4, -0.2) is 5.71 Å². The molecule has 0 saturated carbocycles. The van der Waals surface area contributed by atoms with Crippen molar-refractivity contribution in [3.8, 4) is 6.19 Å². The fourth-order valence-electron chi connectivity index (χ4n) is 4.12. The van der Waals surface area contributed by atoms with Crippen LogP contribution in [0.25, 0.3) is 0 Å². The highest BCUT2D eigenvalue weighted by Crippen LogP contribution is 2.47. The summed E-state index contributed by atoms with van der Waals surface area (Å²) in [4.78, 5) is 3.98. The van der Waals surface area contributed by atoms with Gasteiger partial charge in [-0.1, -0.05) is 12.1 Å². The minimum Gasteiger partial charge on any atom is -0.207 e. The zero-order valence-electron chi connectivity index (χ0n) is 12.7. The number of hydrogen-bond acceptors (Lipinski definition) is 2. The molecule has 4 rings (SSSR count). The van der Waals surface area contributed by atoms with E-state index in [1.807, 2.05) is 6.19 Å². The summed E-state index contributed by atoms with van der Waals surface area (Å²) in [5, 5.41) is 9.07. The number of benzene rings is 2. The fraction of sp³-hybridized carbons (Fsp3) is 0.263. The average Bonchev–Trinajstić information content (AvgIpc) is 2.85. The molecule has 0 fully saturated rings. The molecule has 24 heavy (non-hydrogen) atoms. The molecule has 0 saturated heterocycles. The lowest BCUT2D eigenvalue weighted by atomic mass is 9.68. The van der Waals surface area contributed by atoms with Gasteiger partial charge in [0.1, 0.15) is 5.82 Å². The predicted octanol–water partition coefficient (Wildman–Crippen LogP) is 4.11. The zero-order valence-corrected chi connectivity index (χ0v) is 12.7. The van der Waals surface area contributed by atoms with Crippen LogP contribution in [0.5, 0.6) is 0 Å². The number of halogens is 3. The van der Waals surface area contributed by atoms with E-state index < -0.39 is 17.0 Å². The maximum Gasteiger partial charge on any atom is 0.205 e. The quantitative estimate of drug-likeness (QED) is 0.671. The van der Waals surface area contributed by atoms with Gasteiger partial charge in [0.15, 0.2) is 11.6 Å². The second kappa shape index (κ2) is 5.20. The third-order valence-corrected chi connectivity index (χ3v) is 5.20. The normalized spacial score (nSPS) is 23.2. The van der Waals surface area contributed by atoms with Crippen LogP contribution in [0.1, 0.15) is 28.7 Å². The molecule has 0 N–H and O–H groups in total. The highest BCUT2D eigenvalue weighted by atomic mass is 19.2. The molecule has 0 heterocycles. The number of nitrogens with zero attached hydrogens (tertiary/aromatic N) is 2. The van der Waals surface area contributed by atoms with Crippen molar-refractivity contribution in [2.24, 2.45) is 10.4 Å². The van der Waals surface area contributed by atoms with Gasteiger partial charge < -0.3 is 0 Å². The highest BCUT2D eigenvalue weighted by Gasteiger charge is 2.46. The summed E-state index contributed by atoms with van der Waals surface area (Å²) in [7, 11) is 0. The van der Waals surface area contributed by atoms with E-state index in [0.29, 0.717) is 42.5 Å². The molecule has 1 spiro atoms. The Labute approximate surface area is 137 Å². The van der Waals surface area contributed by atoms with Crippen molar-refractivity contribution in [1.82, 2.24) is 0 Å². The first-order valence-electron chi connectivity index (χ1n) is 7.76. The summed E-state index contributed by atoms with van der Waals surface area (Å²) >= 11 is 0. The Morgan fingerprint density at radius 3 is 2.58 bits per heavy atom. The van der Waals surface area contributed by atoms with Gasteiger partial charge in [0.2, 0.25) is 6.19 Å². The number of hydrogen-bond donors (Lipinski definition) is 0. The summed E-state index contributed by atoms with van der Waals surface area (Å²) < 4.78 is 41.1. The third-order valence-electron chi connectivity index (χ3n) is 5.20. The SMILES string of the molecule is N#CN=C1c2cc(F)ccc2CC12CCc1c(ccc(F)c1F)C2. The highest BCUT2D eigenvalue weighted by molar-refractivity contribution is 6.09. The molecular formula is C19H13F3N2. The fourth-order valence-corrected chi connectivity index (χ4v) is 4.12.